The first kappa shape index (κ1) is 33.7. The molecule has 0 bridgehead atoms. The number of hydrogen-bond donors (Lipinski definition) is 3. The molecule has 2 aliphatic rings. The second-order valence-electron chi connectivity index (χ2n) is 12.2. The zero-order chi connectivity index (χ0) is 33.6. The van der Waals surface area contributed by atoms with Crippen molar-refractivity contribution < 1.29 is 19.1 Å². The largest absolute Gasteiger partial charge is 0.481 e. The van der Waals surface area contributed by atoms with Crippen molar-refractivity contribution >= 4 is 35.0 Å². The van der Waals surface area contributed by atoms with Crippen LogP contribution >= 0.6 is 23.2 Å². The molecule has 0 saturated carbocycles. The van der Waals surface area contributed by atoms with E-state index in [0.29, 0.717) is 59.1 Å². The van der Waals surface area contributed by atoms with E-state index in [2.05, 4.69) is 16.0 Å². The van der Waals surface area contributed by atoms with Crippen molar-refractivity contribution in [2.75, 3.05) is 20.8 Å². The third kappa shape index (κ3) is 7.59. The fraction of sp³-hybridized carbons (Fsp3) is 0.351. The van der Waals surface area contributed by atoms with Crippen molar-refractivity contribution in [2.45, 2.75) is 63.6 Å². The van der Waals surface area contributed by atoms with Crippen molar-refractivity contribution in [3.8, 4) is 45.4 Å². The number of pyridine rings is 2. The smallest absolute Gasteiger partial charge is 0.220 e. The first-order chi connectivity index (χ1) is 23.3. The number of halogens is 2. The number of carbonyl (C=O) groups is 2. The fourth-order valence-electron chi connectivity index (χ4n) is 6.44. The molecule has 2 aromatic heterocycles. The highest BCUT2D eigenvalue weighted by molar-refractivity contribution is 6.39. The van der Waals surface area contributed by atoms with Gasteiger partial charge in [0.25, 0.3) is 0 Å². The van der Waals surface area contributed by atoms with E-state index in [-0.39, 0.29) is 23.9 Å². The molecular formula is C37H39Cl2N5O4. The summed E-state index contributed by atoms with van der Waals surface area (Å²) in [6, 6.07) is 19.9. The summed E-state index contributed by atoms with van der Waals surface area (Å²) in [7, 11) is 3.22. The van der Waals surface area contributed by atoms with Gasteiger partial charge in [-0.05, 0) is 44.2 Å². The minimum absolute atomic E-state index is 0.100. The molecule has 250 valence electrons. The molecule has 2 fully saturated rings. The SMILES string of the molecule is COc1nc(-c2cccc(-c3cccc(-c4ccc(CNC[C@H]5CCC(=O)N5)c(OC)n4)c3Cl)c2Cl)ccc1CCC[C@H]1CCC(=O)N1. The summed E-state index contributed by atoms with van der Waals surface area (Å²) in [4.78, 5) is 32.6. The summed E-state index contributed by atoms with van der Waals surface area (Å²) in [5.41, 5.74) is 6.36. The van der Waals surface area contributed by atoms with Gasteiger partial charge in [0, 0.05) is 71.4 Å². The molecule has 48 heavy (non-hydrogen) atoms. The quantitative estimate of drug-likeness (QED) is 0.142. The van der Waals surface area contributed by atoms with Gasteiger partial charge in [-0.1, -0.05) is 71.7 Å². The predicted octanol–water partition coefficient (Wildman–Crippen LogP) is 6.77. The summed E-state index contributed by atoms with van der Waals surface area (Å²) in [6.07, 6.45) is 5.57. The average Bonchev–Trinajstić information content (AvgIpc) is 3.72. The van der Waals surface area contributed by atoms with Gasteiger partial charge >= 0.3 is 0 Å². The van der Waals surface area contributed by atoms with E-state index in [1.165, 1.54) is 0 Å². The van der Waals surface area contributed by atoms with Crippen LogP contribution in [0.4, 0.5) is 0 Å². The molecule has 2 saturated heterocycles. The first-order valence-electron chi connectivity index (χ1n) is 16.3. The second-order valence-corrected chi connectivity index (χ2v) is 12.9. The summed E-state index contributed by atoms with van der Waals surface area (Å²) in [5.74, 6) is 1.31. The molecule has 4 aromatic rings. The fourth-order valence-corrected chi connectivity index (χ4v) is 7.09. The molecule has 2 aromatic carbocycles. The normalized spacial score (nSPS) is 17.3. The van der Waals surface area contributed by atoms with E-state index in [0.717, 1.165) is 65.5 Å². The number of hydrogen-bond acceptors (Lipinski definition) is 7. The number of aromatic nitrogens is 2. The number of amides is 2. The number of nitrogens with zero attached hydrogens (tertiary/aromatic N) is 2. The van der Waals surface area contributed by atoms with Gasteiger partial charge in [-0.2, -0.15) is 0 Å². The van der Waals surface area contributed by atoms with E-state index < -0.39 is 0 Å². The minimum atomic E-state index is 0.100. The lowest BCUT2D eigenvalue weighted by Crippen LogP contribution is -2.35. The van der Waals surface area contributed by atoms with Gasteiger partial charge in [0.1, 0.15) is 0 Å². The van der Waals surface area contributed by atoms with Crippen LogP contribution in [0.25, 0.3) is 33.6 Å². The van der Waals surface area contributed by atoms with Crippen molar-refractivity contribution in [1.82, 2.24) is 25.9 Å². The van der Waals surface area contributed by atoms with Gasteiger partial charge < -0.3 is 25.4 Å². The number of rotatable bonds is 13. The number of methoxy groups -OCH3 is 2. The summed E-state index contributed by atoms with van der Waals surface area (Å²) in [6.45, 7) is 1.23. The summed E-state index contributed by atoms with van der Waals surface area (Å²) < 4.78 is 11.3. The van der Waals surface area contributed by atoms with Gasteiger partial charge in [0.05, 0.1) is 35.7 Å². The van der Waals surface area contributed by atoms with Gasteiger partial charge in [-0.25, -0.2) is 9.97 Å². The van der Waals surface area contributed by atoms with Gasteiger partial charge in [-0.15, -0.1) is 0 Å². The molecule has 11 heteroatoms. The molecule has 4 heterocycles. The second kappa shape index (κ2) is 15.4. The maximum atomic E-state index is 11.5. The van der Waals surface area contributed by atoms with E-state index in [4.69, 9.17) is 42.6 Å². The van der Waals surface area contributed by atoms with Gasteiger partial charge in [-0.3, -0.25) is 9.59 Å². The highest BCUT2D eigenvalue weighted by atomic mass is 35.5. The molecule has 0 radical (unpaired) electrons. The maximum absolute atomic E-state index is 11.5. The Kier molecular flexibility index (Phi) is 10.8. The molecule has 2 aliphatic heterocycles. The van der Waals surface area contributed by atoms with Crippen LogP contribution in [0.15, 0.2) is 60.7 Å². The van der Waals surface area contributed by atoms with Crippen LogP contribution in [0, 0.1) is 0 Å². The zero-order valence-corrected chi connectivity index (χ0v) is 28.6. The molecule has 0 unspecified atom stereocenters. The highest BCUT2D eigenvalue weighted by Crippen LogP contribution is 2.42. The Balaban J connectivity index is 1.20. The third-order valence-corrected chi connectivity index (χ3v) is 9.79. The minimum Gasteiger partial charge on any atom is -0.481 e. The lowest BCUT2D eigenvalue weighted by Gasteiger charge is -2.16. The average molecular weight is 689 g/mol. The molecule has 3 N–H and O–H groups in total. The van der Waals surface area contributed by atoms with Gasteiger partial charge in [0.15, 0.2) is 0 Å². The van der Waals surface area contributed by atoms with Crippen molar-refractivity contribution in [2.24, 2.45) is 0 Å². The van der Waals surface area contributed by atoms with Crippen molar-refractivity contribution in [1.29, 1.82) is 0 Å². The van der Waals surface area contributed by atoms with Crippen molar-refractivity contribution in [3.05, 3.63) is 81.8 Å². The van der Waals surface area contributed by atoms with Crippen LogP contribution in [-0.4, -0.2) is 54.6 Å². The number of carbonyl (C=O) groups excluding carboxylic acids is 2. The third-order valence-electron chi connectivity index (χ3n) is 8.98. The summed E-state index contributed by atoms with van der Waals surface area (Å²) in [5, 5.41) is 10.5. The highest BCUT2D eigenvalue weighted by Gasteiger charge is 2.22. The Morgan fingerprint density at radius 2 is 1.25 bits per heavy atom. The summed E-state index contributed by atoms with van der Waals surface area (Å²) >= 11 is 14.2. The molecule has 6 rings (SSSR count). The van der Waals surface area contributed by atoms with Crippen LogP contribution in [0.5, 0.6) is 11.8 Å². The number of ether oxygens (including phenoxy) is 2. The number of benzene rings is 2. The van der Waals surface area contributed by atoms with E-state index in [9.17, 15) is 9.59 Å². The predicted molar refractivity (Wildman–Crippen MR) is 188 cm³/mol. The lowest BCUT2D eigenvalue weighted by atomic mass is 9.97. The molecule has 9 nitrogen and oxygen atoms in total. The Morgan fingerprint density at radius 3 is 1.79 bits per heavy atom. The molecule has 2 amide bonds. The standard InChI is InChI=1S/C37H39Cl2N5O4/c1-47-36-22(6-3-7-24-14-18-32(45)41-24)12-16-30(43-36)28-10-4-8-26(34(28)38)27-9-5-11-29(35(27)39)31-17-13-23(37(44-31)48-2)20-40-21-25-15-19-33(46)42-25/h4-5,8-13,16-17,24-25,40H,3,6-7,14-15,18-21H2,1-2H3,(H,41,45)(H,42,46)/t24-,25+/m0/s1. The van der Waals surface area contributed by atoms with Crippen LogP contribution in [-0.2, 0) is 22.6 Å². The molecular weight excluding hydrogens is 649 g/mol. The topological polar surface area (TPSA) is 114 Å². The van der Waals surface area contributed by atoms with Crippen molar-refractivity contribution in [3.63, 3.8) is 0 Å². The zero-order valence-electron chi connectivity index (χ0n) is 27.1. The van der Waals surface area contributed by atoms with Crippen LogP contribution < -0.4 is 25.4 Å². The van der Waals surface area contributed by atoms with E-state index in [1.54, 1.807) is 14.2 Å². The number of aryl methyl sites for hydroxylation is 1. The Labute approximate surface area is 290 Å². The molecule has 2 atom stereocenters. The molecule has 0 aliphatic carbocycles. The maximum Gasteiger partial charge on any atom is 0.220 e. The first-order valence-corrected chi connectivity index (χ1v) is 17.1. The van der Waals surface area contributed by atoms with E-state index in [1.807, 2.05) is 60.7 Å². The number of nitrogens with one attached hydrogen (secondary N) is 3. The van der Waals surface area contributed by atoms with Gasteiger partial charge in [0.2, 0.25) is 23.6 Å². The lowest BCUT2D eigenvalue weighted by molar-refractivity contribution is -0.120. The van der Waals surface area contributed by atoms with Crippen LogP contribution in [0.3, 0.4) is 0 Å². The monoisotopic (exact) mass is 687 g/mol. The Bertz CT molecular complexity index is 1690. The Hall–Kier alpha value is -4.18. The Morgan fingerprint density at radius 1 is 0.729 bits per heavy atom. The van der Waals surface area contributed by atoms with Crippen LogP contribution in [0.1, 0.15) is 49.7 Å². The van der Waals surface area contributed by atoms with Crippen LogP contribution in [0.2, 0.25) is 10.0 Å². The van der Waals surface area contributed by atoms with E-state index >= 15 is 0 Å². The molecule has 0 spiro atoms.